The van der Waals surface area contributed by atoms with Crippen LogP contribution in [0.3, 0.4) is 0 Å². The number of carbonyl (C=O) groups is 1. The number of nitro benzene ring substituents is 1. The summed E-state index contributed by atoms with van der Waals surface area (Å²) in [4.78, 5) is 22.6. The Balaban J connectivity index is 1.71. The number of H-pyrrole nitrogens is 1. The van der Waals surface area contributed by atoms with Gasteiger partial charge in [-0.2, -0.15) is 10.2 Å². The SMILES string of the molecule is COc1ccccc1/C=N/NC(=O)c1cc(-c2cccc([N+](=O)[O-])c2)n[nH]1. The molecule has 1 heterocycles. The minimum Gasteiger partial charge on any atom is -0.496 e. The summed E-state index contributed by atoms with van der Waals surface area (Å²) >= 11 is 0. The zero-order chi connectivity index (χ0) is 19.2. The van der Waals surface area contributed by atoms with Crippen molar-refractivity contribution >= 4 is 17.8 Å². The summed E-state index contributed by atoms with van der Waals surface area (Å²) in [6.07, 6.45) is 1.47. The number of para-hydroxylation sites is 1. The second kappa shape index (κ2) is 7.91. The molecule has 27 heavy (non-hydrogen) atoms. The summed E-state index contributed by atoms with van der Waals surface area (Å²) in [6, 6.07) is 14.7. The van der Waals surface area contributed by atoms with Gasteiger partial charge in [-0.15, -0.1) is 0 Å². The highest BCUT2D eigenvalue weighted by atomic mass is 16.6. The quantitative estimate of drug-likeness (QED) is 0.395. The normalized spacial score (nSPS) is 10.7. The molecule has 0 saturated carbocycles. The molecule has 9 nitrogen and oxygen atoms in total. The summed E-state index contributed by atoms with van der Waals surface area (Å²) in [5, 5.41) is 21.4. The Hall–Kier alpha value is -4.01. The van der Waals surface area contributed by atoms with Gasteiger partial charge in [-0.25, -0.2) is 5.43 Å². The first kappa shape index (κ1) is 17.8. The fourth-order valence-corrected chi connectivity index (χ4v) is 2.36. The van der Waals surface area contributed by atoms with Crippen LogP contribution in [0.15, 0.2) is 59.7 Å². The minimum absolute atomic E-state index is 0.0529. The molecule has 0 saturated heterocycles. The van der Waals surface area contributed by atoms with Gasteiger partial charge in [-0.1, -0.05) is 24.3 Å². The number of ether oxygens (including phenoxy) is 1. The molecule has 0 fully saturated rings. The predicted octanol–water partition coefficient (Wildman–Crippen LogP) is 2.76. The lowest BCUT2D eigenvalue weighted by Gasteiger charge is -2.02. The molecular weight excluding hydrogens is 350 g/mol. The van der Waals surface area contributed by atoms with Gasteiger partial charge in [-0.05, 0) is 18.2 Å². The number of carbonyl (C=O) groups excluding carboxylic acids is 1. The predicted molar refractivity (Wildman–Crippen MR) is 98.7 cm³/mol. The number of hydrazone groups is 1. The Morgan fingerprint density at radius 2 is 2.07 bits per heavy atom. The fourth-order valence-electron chi connectivity index (χ4n) is 2.36. The standard InChI is InChI=1S/C18H15N5O4/c1-27-17-8-3-2-5-13(17)11-19-22-18(24)16-10-15(20-21-16)12-6-4-7-14(9-12)23(25)26/h2-11H,1H3,(H,20,21)(H,22,24)/b19-11+. The van der Waals surface area contributed by atoms with Crippen LogP contribution in [0.5, 0.6) is 5.75 Å². The molecule has 0 bridgehead atoms. The summed E-state index contributed by atoms with van der Waals surface area (Å²) < 4.78 is 5.20. The molecule has 2 N–H and O–H groups in total. The number of nitro groups is 1. The van der Waals surface area contributed by atoms with E-state index in [1.54, 1.807) is 31.4 Å². The number of nitrogens with zero attached hydrogens (tertiary/aromatic N) is 3. The lowest BCUT2D eigenvalue weighted by atomic mass is 10.1. The average molecular weight is 365 g/mol. The molecule has 1 aromatic heterocycles. The Morgan fingerprint density at radius 3 is 2.85 bits per heavy atom. The van der Waals surface area contributed by atoms with E-state index in [9.17, 15) is 14.9 Å². The zero-order valence-electron chi connectivity index (χ0n) is 14.2. The lowest BCUT2D eigenvalue weighted by Crippen LogP contribution is -2.18. The summed E-state index contributed by atoms with van der Waals surface area (Å²) in [6.45, 7) is 0. The van der Waals surface area contributed by atoms with Crippen LogP contribution >= 0.6 is 0 Å². The maximum atomic E-state index is 12.2. The van der Waals surface area contributed by atoms with Crippen LogP contribution in [0.25, 0.3) is 11.3 Å². The molecule has 0 aliphatic heterocycles. The first-order valence-corrected chi connectivity index (χ1v) is 7.85. The highest BCUT2D eigenvalue weighted by molar-refractivity contribution is 5.94. The molecular formula is C18H15N5O4. The van der Waals surface area contributed by atoms with Crippen LogP contribution < -0.4 is 10.2 Å². The van der Waals surface area contributed by atoms with Gasteiger partial charge >= 0.3 is 0 Å². The maximum Gasteiger partial charge on any atom is 0.289 e. The van der Waals surface area contributed by atoms with Crippen molar-refractivity contribution in [2.75, 3.05) is 7.11 Å². The van der Waals surface area contributed by atoms with Crippen molar-refractivity contribution in [2.45, 2.75) is 0 Å². The molecule has 9 heteroatoms. The number of hydrogen-bond acceptors (Lipinski definition) is 6. The van der Waals surface area contributed by atoms with Crippen molar-refractivity contribution in [2.24, 2.45) is 5.10 Å². The summed E-state index contributed by atoms with van der Waals surface area (Å²) in [7, 11) is 1.55. The minimum atomic E-state index is -0.495. The smallest absolute Gasteiger partial charge is 0.289 e. The first-order chi connectivity index (χ1) is 13.1. The monoisotopic (exact) mass is 365 g/mol. The van der Waals surface area contributed by atoms with Crippen LogP contribution in [0.2, 0.25) is 0 Å². The largest absolute Gasteiger partial charge is 0.496 e. The van der Waals surface area contributed by atoms with E-state index in [0.29, 0.717) is 22.6 Å². The lowest BCUT2D eigenvalue weighted by molar-refractivity contribution is -0.384. The topological polar surface area (TPSA) is 123 Å². The Kier molecular flexibility index (Phi) is 5.22. The van der Waals surface area contributed by atoms with E-state index in [-0.39, 0.29) is 11.4 Å². The van der Waals surface area contributed by atoms with Gasteiger partial charge in [0.1, 0.15) is 11.4 Å². The van der Waals surface area contributed by atoms with Crippen LogP contribution in [0, 0.1) is 10.1 Å². The highest BCUT2D eigenvalue weighted by Crippen LogP contribution is 2.22. The van der Waals surface area contributed by atoms with E-state index in [1.165, 1.54) is 24.4 Å². The van der Waals surface area contributed by atoms with E-state index in [2.05, 4.69) is 20.7 Å². The van der Waals surface area contributed by atoms with Gasteiger partial charge in [-0.3, -0.25) is 20.0 Å². The maximum absolute atomic E-state index is 12.2. The fraction of sp³-hybridized carbons (Fsp3) is 0.0556. The van der Waals surface area contributed by atoms with E-state index < -0.39 is 10.8 Å². The van der Waals surface area contributed by atoms with Crippen molar-refractivity contribution in [3.63, 3.8) is 0 Å². The number of benzene rings is 2. The van der Waals surface area contributed by atoms with Gasteiger partial charge in [0.15, 0.2) is 0 Å². The van der Waals surface area contributed by atoms with E-state index >= 15 is 0 Å². The van der Waals surface area contributed by atoms with E-state index in [0.717, 1.165) is 0 Å². The molecule has 3 aromatic rings. The molecule has 0 radical (unpaired) electrons. The van der Waals surface area contributed by atoms with Crippen LogP contribution in [0.1, 0.15) is 16.1 Å². The molecule has 136 valence electrons. The summed E-state index contributed by atoms with van der Waals surface area (Å²) in [5.74, 6) is 0.135. The Labute approximate surface area is 153 Å². The van der Waals surface area contributed by atoms with Crippen molar-refractivity contribution in [1.82, 2.24) is 15.6 Å². The molecule has 0 aliphatic rings. The Bertz CT molecular complexity index is 1010. The number of nitrogens with one attached hydrogen (secondary N) is 2. The van der Waals surface area contributed by atoms with Crippen LogP contribution in [-0.2, 0) is 0 Å². The molecule has 1 amide bonds. The second-order valence-corrected chi connectivity index (χ2v) is 5.42. The number of aromatic amines is 1. The van der Waals surface area contributed by atoms with Crippen molar-refractivity contribution in [3.8, 4) is 17.0 Å². The third kappa shape index (κ3) is 4.15. The van der Waals surface area contributed by atoms with E-state index in [1.807, 2.05) is 12.1 Å². The van der Waals surface area contributed by atoms with E-state index in [4.69, 9.17) is 4.74 Å². The van der Waals surface area contributed by atoms with Gasteiger partial charge in [0, 0.05) is 23.3 Å². The first-order valence-electron chi connectivity index (χ1n) is 7.85. The number of methoxy groups -OCH3 is 1. The number of amides is 1. The number of non-ortho nitro benzene ring substituents is 1. The van der Waals surface area contributed by atoms with Crippen LogP contribution in [-0.4, -0.2) is 34.4 Å². The third-order valence-electron chi connectivity index (χ3n) is 3.68. The average Bonchev–Trinajstić information content (AvgIpc) is 3.19. The van der Waals surface area contributed by atoms with Gasteiger partial charge in [0.25, 0.3) is 11.6 Å². The van der Waals surface area contributed by atoms with Gasteiger partial charge in [0.2, 0.25) is 0 Å². The molecule has 2 aromatic carbocycles. The highest BCUT2D eigenvalue weighted by Gasteiger charge is 2.13. The number of hydrogen-bond donors (Lipinski definition) is 2. The third-order valence-corrected chi connectivity index (χ3v) is 3.68. The Morgan fingerprint density at radius 1 is 1.26 bits per heavy atom. The molecule has 3 rings (SSSR count). The number of aromatic nitrogens is 2. The molecule has 0 unspecified atom stereocenters. The number of rotatable bonds is 6. The van der Waals surface area contributed by atoms with Crippen molar-refractivity contribution in [3.05, 3.63) is 76.0 Å². The molecule has 0 atom stereocenters. The van der Waals surface area contributed by atoms with Gasteiger partial charge < -0.3 is 4.74 Å². The summed E-state index contributed by atoms with van der Waals surface area (Å²) in [5.41, 5.74) is 4.16. The van der Waals surface area contributed by atoms with Crippen molar-refractivity contribution < 1.29 is 14.5 Å². The van der Waals surface area contributed by atoms with Crippen molar-refractivity contribution in [1.29, 1.82) is 0 Å². The molecule has 0 aliphatic carbocycles. The van der Waals surface area contributed by atoms with Gasteiger partial charge in [0.05, 0.1) is 23.9 Å². The second-order valence-electron chi connectivity index (χ2n) is 5.42. The molecule has 0 spiro atoms. The van der Waals surface area contributed by atoms with Crippen LogP contribution in [0.4, 0.5) is 5.69 Å². The zero-order valence-corrected chi connectivity index (χ0v) is 14.2.